The number of rotatable bonds is 8. The number of nitrogen functional groups attached to an aromatic ring is 1. The molecule has 0 bridgehead atoms. The van der Waals surface area contributed by atoms with Gasteiger partial charge in [0, 0.05) is 11.3 Å². The van der Waals surface area contributed by atoms with Crippen molar-refractivity contribution in [3.8, 4) is 17.2 Å². The Hall–Kier alpha value is -2.69. The van der Waals surface area contributed by atoms with Crippen molar-refractivity contribution in [3.63, 3.8) is 0 Å². The molecule has 5 heteroatoms. The zero-order valence-corrected chi connectivity index (χ0v) is 14.2. The molecule has 0 aliphatic heterocycles. The molecule has 1 atom stereocenters. The van der Waals surface area contributed by atoms with Crippen LogP contribution in [-0.2, 0) is 0 Å². The molecule has 0 saturated heterocycles. The molecule has 0 aromatic heterocycles. The average molecular weight is 329 g/mol. The van der Waals surface area contributed by atoms with Crippen molar-refractivity contribution in [1.29, 1.82) is 0 Å². The standard InChI is InChI=1S/C19H23NO4/c1-4-5-17(24-15-9-7-14(20)8-10-15)19(21)13-6-11-16(22-2)18(12-13)23-3/h6-12,17H,4-5,20H2,1-3H3. The Morgan fingerprint density at radius 1 is 1.04 bits per heavy atom. The smallest absolute Gasteiger partial charge is 0.203 e. The van der Waals surface area contributed by atoms with Crippen LogP contribution in [0.2, 0.25) is 0 Å². The topological polar surface area (TPSA) is 70.8 Å². The minimum absolute atomic E-state index is 0.0883. The molecular formula is C19H23NO4. The van der Waals surface area contributed by atoms with Crippen molar-refractivity contribution in [2.45, 2.75) is 25.9 Å². The third-order valence-electron chi connectivity index (χ3n) is 3.67. The summed E-state index contributed by atoms with van der Waals surface area (Å²) in [7, 11) is 3.10. The number of nitrogens with two attached hydrogens (primary N) is 1. The Kier molecular flexibility index (Phi) is 6.07. The summed E-state index contributed by atoms with van der Waals surface area (Å²) in [5.74, 6) is 1.64. The van der Waals surface area contributed by atoms with E-state index in [2.05, 4.69) is 0 Å². The second kappa shape index (κ2) is 8.24. The molecule has 128 valence electrons. The second-order valence-electron chi connectivity index (χ2n) is 5.40. The van der Waals surface area contributed by atoms with Gasteiger partial charge in [-0.2, -0.15) is 0 Å². The van der Waals surface area contributed by atoms with Crippen LogP contribution >= 0.6 is 0 Å². The summed E-state index contributed by atoms with van der Waals surface area (Å²) < 4.78 is 16.4. The Labute approximate surface area is 142 Å². The average Bonchev–Trinajstić information content (AvgIpc) is 2.61. The Balaban J connectivity index is 2.23. The number of carbonyl (C=O) groups is 1. The zero-order chi connectivity index (χ0) is 17.5. The lowest BCUT2D eigenvalue weighted by atomic mass is 10.0. The van der Waals surface area contributed by atoms with E-state index in [1.54, 1.807) is 56.7 Å². The zero-order valence-electron chi connectivity index (χ0n) is 14.2. The fourth-order valence-corrected chi connectivity index (χ4v) is 2.39. The Morgan fingerprint density at radius 3 is 2.29 bits per heavy atom. The maximum atomic E-state index is 12.8. The fraction of sp³-hybridized carbons (Fsp3) is 0.316. The molecular weight excluding hydrogens is 306 g/mol. The summed E-state index contributed by atoms with van der Waals surface area (Å²) in [6, 6.07) is 12.1. The monoisotopic (exact) mass is 329 g/mol. The first-order valence-electron chi connectivity index (χ1n) is 7.87. The van der Waals surface area contributed by atoms with Gasteiger partial charge in [-0.15, -0.1) is 0 Å². The second-order valence-corrected chi connectivity index (χ2v) is 5.40. The Morgan fingerprint density at radius 2 is 1.71 bits per heavy atom. The van der Waals surface area contributed by atoms with Gasteiger partial charge in [-0.05, 0) is 48.9 Å². The van der Waals surface area contributed by atoms with Gasteiger partial charge in [-0.25, -0.2) is 0 Å². The van der Waals surface area contributed by atoms with E-state index in [1.807, 2.05) is 6.92 Å². The van der Waals surface area contributed by atoms with E-state index in [0.717, 1.165) is 6.42 Å². The summed E-state index contributed by atoms with van der Waals surface area (Å²) in [5.41, 5.74) is 6.86. The lowest BCUT2D eigenvalue weighted by Crippen LogP contribution is -2.27. The first kappa shape index (κ1) is 17.7. The third-order valence-corrected chi connectivity index (χ3v) is 3.67. The number of carbonyl (C=O) groups excluding carboxylic acids is 1. The van der Waals surface area contributed by atoms with Gasteiger partial charge in [0.25, 0.3) is 0 Å². The molecule has 0 saturated carbocycles. The minimum Gasteiger partial charge on any atom is -0.493 e. The van der Waals surface area contributed by atoms with Gasteiger partial charge in [0.1, 0.15) is 5.75 Å². The van der Waals surface area contributed by atoms with E-state index in [1.165, 1.54) is 0 Å². The van der Waals surface area contributed by atoms with Crippen molar-refractivity contribution in [2.75, 3.05) is 20.0 Å². The SMILES string of the molecule is CCCC(Oc1ccc(N)cc1)C(=O)c1ccc(OC)c(OC)c1. The maximum absolute atomic E-state index is 12.8. The predicted octanol–water partition coefficient (Wildman–Crippen LogP) is 3.72. The molecule has 0 spiro atoms. The van der Waals surface area contributed by atoms with Crippen LogP contribution < -0.4 is 19.9 Å². The van der Waals surface area contributed by atoms with Gasteiger partial charge in [0.15, 0.2) is 17.6 Å². The largest absolute Gasteiger partial charge is 0.493 e. The number of hydrogen-bond donors (Lipinski definition) is 1. The van der Waals surface area contributed by atoms with E-state index in [9.17, 15) is 4.79 Å². The van der Waals surface area contributed by atoms with Crippen LogP contribution in [0.4, 0.5) is 5.69 Å². The quantitative estimate of drug-likeness (QED) is 0.590. The number of benzene rings is 2. The fourth-order valence-electron chi connectivity index (χ4n) is 2.39. The highest BCUT2D eigenvalue weighted by Crippen LogP contribution is 2.29. The van der Waals surface area contributed by atoms with E-state index in [4.69, 9.17) is 19.9 Å². The lowest BCUT2D eigenvalue weighted by molar-refractivity contribution is 0.0777. The number of ether oxygens (including phenoxy) is 3. The van der Waals surface area contributed by atoms with Gasteiger partial charge in [0.05, 0.1) is 14.2 Å². The summed E-state index contributed by atoms with van der Waals surface area (Å²) in [6.07, 6.45) is 0.896. The molecule has 1 unspecified atom stereocenters. The van der Waals surface area contributed by atoms with E-state index < -0.39 is 6.10 Å². The van der Waals surface area contributed by atoms with E-state index in [0.29, 0.717) is 34.9 Å². The highest BCUT2D eigenvalue weighted by molar-refractivity contribution is 6.00. The normalized spacial score (nSPS) is 11.6. The molecule has 2 N–H and O–H groups in total. The molecule has 0 aliphatic rings. The minimum atomic E-state index is -0.559. The van der Waals surface area contributed by atoms with Crippen LogP contribution in [0.25, 0.3) is 0 Å². The summed E-state index contributed by atoms with van der Waals surface area (Å²) in [5, 5.41) is 0. The van der Waals surface area contributed by atoms with Gasteiger partial charge in [-0.1, -0.05) is 13.3 Å². The van der Waals surface area contributed by atoms with Crippen LogP contribution in [0.5, 0.6) is 17.2 Å². The van der Waals surface area contributed by atoms with Crippen LogP contribution in [0.1, 0.15) is 30.1 Å². The molecule has 2 aromatic rings. The van der Waals surface area contributed by atoms with Crippen molar-refractivity contribution in [1.82, 2.24) is 0 Å². The van der Waals surface area contributed by atoms with Crippen molar-refractivity contribution < 1.29 is 19.0 Å². The third kappa shape index (κ3) is 4.19. The van der Waals surface area contributed by atoms with Crippen molar-refractivity contribution in [2.24, 2.45) is 0 Å². The van der Waals surface area contributed by atoms with E-state index >= 15 is 0 Å². The Bertz CT molecular complexity index is 682. The number of methoxy groups -OCH3 is 2. The van der Waals surface area contributed by atoms with Crippen LogP contribution in [0.3, 0.4) is 0 Å². The van der Waals surface area contributed by atoms with Crippen LogP contribution in [0, 0.1) is 0 Å². The van der Waals surface area contributed by atoms with Crippen molar-refractivity contribution in [3.05, 3.63) is 48.0 Å². The van der Waals surface area contributed by atoms with Crippen LogP contribution in [-0.4, -0.2) is 26.1 Å². The number of anilines is 1. The number of ketones is 1. The maximum Gasteiger partial charge on any atom is 0.203 e. The van der Waals surface area contributed by atoms with Crippen LogP contribution in [0.15, 0.2) is 42.5 Å². The van der Waals surface area contributed by atoms with Gasteiger partial charge in [0.2, 0.25) is 5.78 Å². The first-order chi connectivity index (χ1) is 11.6. The lowest BCUT2D eigenvalue weighted by Gasteiger charge is -2.18. The summed E-state index contributed by atoms with van der Waals surface area (Å²) >= 11 is 0. The molecule has 0 aliphatic carbocycles. The number of Topliss-reactive ketones (excluding diaryl/α,β-unsaturated/α-hetero) is 1. The molecule has 24 heavy (non-hydrogen) atoms. The van der Waals surface area contributed by atoms with E-state index in [-0.39, 0.29) is 5.78 Å². The number of hydrogen-bond acceptors (Lipinski definition) is 5. The first-order valence-corrected chi connectivity index (χ1v) is 7.87. The molecule has 0 radical (unpaired) electrons. The molecule has 5 nitrogen and oxygen atoms in total. The van der Waals surface area contributed by atoms with Crippen molar-refractivity contribution >= 4 is 11.5 Å². The molecule has 2 aromatic carbocycles. The highest BCUT2D eigenvalue weighted by Gasteiger charge is 2.22. The summed E-state index contributed by atoms with van der Waals surface area (Å²) in [6.45, 7) is 2.02. The predicted molar refractivity (Wildman–Crippen MR) is 94.1 cm³/mol. The van der Waals surface area contributed by atoms with Gasteiger partial charge >= 0.3 is 0 Å². The van der Waals surface area contributed by atoms with Gasteiger partial charge in [-0.3, -0.25) is 4.79 Å². The summed E-state index contributed by atoms with van der Waals surface area (Å²) in [4.78, 5) is 12.8. The molecule has 0 heterocycles. The van der Waals surface area contributed by atoms with Gasteiger partial charge < -0.3 is 19.9 Å². The highest BCUT2D eigenvalue weighted by atomic mass is 16.5. The molecule has 0 amide bonds. The molecule has 2 rings (SSSR count). The molecule has 0 fully saturated rings.